The minimum absolute atomic E-state index is 0.109. The number of carbonyl (C=O) groups is 1. The molecule has 1 atom stereocenters. The number of rotatable bonds is 5. The number of anilines is 1. The summed E-state index contributed by atoms with van der Waals surface area (Å²) >= 11 is 0. The van der Waals surface area contributed by atoms with Crippen molar-refractivity contribution in [3.63, 3.8) is 0 Å². The van der Waals surface area contributed by atoms with Crippen molar-refractivity contribution in [2.75, 3.05) is 18.0 Å². The number of aryl methyl sites for hydroxylation is 2. The van der Waals surface area contributed by atoms with E-state index in [1.165, 1.54) is 22.4 Å². The Labute approximate surface area is 157 Å². The summed E-state index contributed by atoms with van der Waals surface area (Å²) < 4.78 is 0. The Bertz CT molecular complexity index is 713. The molecule has 26 heavy (non-hydrogen) atoms. The number of amides is 1. The molecule has 138 valence electrons. The van der Waals surface area contributed by atoms with Crippen molar-refractivity contribution in [3.05, 3.63) is 65.2 Å². The quantitative estimate of drug-likeness (QED) is 0.841. The molecule has 3 nitrogen and oxygen atoms in total. The second-order valence-corrected chi connectivity index (χ2v) is 7.48. The number of hydrogen-bond acceptors (Lipinski definition) is 2. The first-order valence-electron chi connectivity index (χ1n) is 9.75. The fourth-order valence-corrected chi connectivity index (χ4v) is 3.66. The Morgan fingerprint density at radius 3 is 2.08 bits per heavy atom. The minimum Gasteiger partial charge on any atom is -0.371 e. The van der Waals surface area contributed by atoms with E-state index >= 15 is 0 Å². The van der Waals surface area contributed by atoms with Crippen molar-refractivity contribution in [1.29, 1.82) is 0 Å². The number of carbonyl (C=O) groups excluding carboxylic acids is 1. The lowest BCUT2D eigenvalue weighted by Crippen LogP contribution is -2.41. The van der Waals surface area contributed by atoms with E-state index in [-0.39, 0.29) is 17.9 Å². The fraction of sp³-hybridized carbons (Fsp3) is 0.435. The van der Waals surface area contributed by atoms with Crippen LogP contribution in [0.2, 0.25) is 0 Å². The van der Waals surface area contributed by atoms with Crippen LogP contribution in [0.25, 0.3) is 0 Å². The maximum absolute atomic E-state index is 12.8. The maximum atomic E-state index is 12.8. The van der Waals surface area contributed by atoms with E-state index in [2.05, 4.69) is 79.5 Å². The van der Waals surface area contributed by atoms with Crippen LogP contribution in [0.5, 0.6) is 0 Å². The summed E-state index contributed by atoms with van der Waals surface area (Å²) in [7, 11) is 0. The number of benzene rings is 2. The van der Waals surface area contributed by atoms with Gasteiger partial charge in [0.15, 0.2) is 0 Å². The molecule has 0 bridgehead atoms. The molecule has 0 aliphatic carbocycles. The van der Waals surface area contributed by atoms with E-state index in [0.717, 1.165) is 32.4 Å². The molecular formula is C23H30N2O. The third-order valence-electron chi connectivity index (χ3n) is 5.47. The Hall–Kier alpha value is -2.29. The van der Waals surface area contributed by atoms with Crippen LogP contribution in [-0.2, 0) is 4.79 Å². The van der Waals surface area contributed by atoms with E-state index in [0.29, 0.717) is 0 Å². The molecule has 1 saturated heterocycles. The van der Waals surface area contributed by atoms with Gasteiger partial charge in [-0.25, -0.2) is 0 Å². The third kappa shape index (κ3) is 4.46. The number of nitrogens with zero attached hydrogens (tertiary/aromatic N) is 1. The number of hydrogen-bond donors (Lipinski definition) is 1. The van der Waals surface area contributed by atoms with E-state index in [1.54, 1.807) is 0 Å². The van der Waals surface area contributed by atoms with Crippen LogP contribution in [0.3, 0.4) is 0 Å². The molecule has 1 aliphatic heterocycles. The summed E-state index contributed by atoms with van der Waals surface area (Å²) in [4.78, 5) is 15.2. The molecule has 3 heteroatoms. The molecule has 1 fully saturated rings. The average molecular weight is 351 g/mol. The van der Waals surface area contributed by atoms with Gasteiger partial charge in [-0.3, -0.25) is 4.79 Å². The molecule has 0 spiro atoms. The predicted octanol–water partition coefficient (Wildman–Crippen LogP) is 4.79. The second-order valence-electron chi connectivity index (χ2n) is 7.48. The van der Waals surface area contributed by atoms with Gasteiger partial charge < -0.3 is 10.2 Å². The van der Waals surface area contributed by atoms with E-state index in [1.807, 2.05) is 0 Å². The molecule has 1 heterocycles. The number of nitrogens with one attached hydrogen (secondary N) is 1. The Balaban J connectivity index is 1.55. The SMILES string of the molecule is CC[C@H](NC(=O)C1CCN(c2ccc(C)cc2)CC1)c1ccc(C)cc1. The molecule has 0 aromatic heterocycles. The van der Waals surface area contributed by atoms with Gasteiger partial charge >= 0.3 is 0 Å². The van der Waals surface area contributed by atoms with Gasteiger partial charge in [0.25, 0.3) is 0 Å². The van der Waals surface area contributed by atoms with Gasteiger partial charge in [-0.2, -0.15) is 0 Å². The van der Waals surface area contributed by atoms with Crippen LogP contribution in [0.4, 0.5) is 5.69 Å². The lowest BCUT2D eigenvalue weighted by atomic mass is 9.94. The van der Waals surface area contributed by atoms with Crippen LogP contribution in [0.15, 0.2) is 48.5 Å². The summed E-state index contributed by atoms with van der Waals surface area (Å²) in [6.45, 7) is 8.22. The van der Waals surface area contributed by atoms with Crippen molar-refractivity contribution in [2.24, 2.45) is 5.92 Å². The van der Waals surface area contributed by atoms with Gasteiger partial charge in [-0.15, -0.1) is 0 Å². The highest BCUT2D eigenvalue weighted by atomic mass is 16.1. The Morgan fingerprint density at radius 1 is 1.00 bits per heavy atom. The molecule has 0 saturated carbocycles. The van der Waals surface area contributed by atoms with Crippen molar-refractivity contribution in [2.45, 2.75) is 46.1 Å². The lowest BCUT2D eigenvalue weighted by Gasteiger charge is -2.33. The number of piperidine rings is 1. The van der Waals surface area contributed by atoms with Crippen molar-refractivity contribution in [3.8, 4) is 0 Å². The summed E-state index contributed by atoms with van der Waals surface area (Å²) in [5.74, 6) is 0.331. The molecule has 0 radical (unpaired) electrons. The lowest BCUT2D eigenvalue weighted by molar-refractivity contribution is -0.126. The fourth-order valence-electron chi connectivity index (χ4n) is 3.66. The molecule has 0 unspecified atom stereocenters. The standard InChI is InChI=1S/C23H30N2O/c1-4-22(19-9-5-17(2)6-10-19)24-23(26)20-13-15-25(16-14-20)21-11-7-18(3)8-12-21/h5-12,20,22H,4,13-16H2,1-3H3,(H,24,26)/t22-/m0/s1. The van der Waals surface area contributed by atoms with Crippen LogP contribution < -0.4 is 10.2 Å². The first-order valence-corrected chi connectivity index (χ1v) is 9.75. The smallest absolute Gasteiger partial charge is 0.223 e. The molecule has 1 aliphatic rings. The van der Waals surface area contributed by atoms with Crippen molar-refractivity contribution in [1.82, 2.24) is 5.32 Å². The average Bonchev–Trinajstić information content (AvgIpc) is 2.67. The highest BCUT2D eigenvalue weighted by Crippen LogP contribution is 2.25. The zero-order valence-corrected chi connectivity index (χ0v) is 16.2. The van der Waals surface area contributed by atoms with E-state index < -0.39 is 0 Å². The van der Waals surface area contributed by atoms with Crippen LogP contribution >= 0.6 is 0 Å². The van der Waals surface area contributed by atoms with Crippen LogP contribution in [0, 0.1) is 19.8 Å². The first-order chi connectivity index (χ1) is 12.6. The van der Waals surface area contributed by atoms with Gasteiger partial charge in [0.1, 0.15) is 0 Å². The summed E-state index contributed by atoms with van der Waals surface area (Å²) in [5, 5.41) is 3.28. The third-order valence-corrected chi connectivity index (χ3v) is 5.47. The summed E-state index contributed by atoms with van der Waals surface area (Å²) in [6.07, 6.45) is 2.76. The van der Waals surface area contributed by atoms with Crippen LogP contribution in [-0.4, -0.2) is 19.0 Å². The van der Waals surface area contributed by atoms with Crippen molar-refractivity contribution >= 4 is 11.6 Å². The molecule has 2 aromatic carbocycles. The van der Waals surface area contributed by atoms with Gasteiger partial charge in [-0.1, -0.05) is 54.4 Å². The van der Waals surface area contributed by atoms with Gasteiger partial charge in [-0.05, 0) is 50.8 Å². The molecule has 3 rings (SSSR count). The van der Waals surface area contributed by atoms with E-state index in [9.17, 15) is 4.79 Å². The molecule has 2 aromatic rings. The second kappa shape index (κ2) is 8.39. The first kappa shape index (κ1) is 18.5. The topological polar surface area (TPSA) is 32.3 Å². The normalized spacial score (nSPS) is 16.3. The zero-order chi connectivity index (χ0) is 18.5. The molecule has 1 N–H and O–H groups in total. The molecule has 1 amide bonds. The van der Waals surface area contributed by atoms with Gasteiger partial charge in [0.05, 0.1) is 6.04 Å². The zero-order valence-electron chi connectivity index (χ0n) is 16.2. The monoisotopic (exact) mass is 350 g/mol. The largest absolute Gasteiger partial charge is 0.371 e. The summed E-state index contributed by atoms with van der Waals surface area (Å²) in [5.41, 5.74) is 4.99. The van der Waals surface area contributed by atoms with Crippen molar-refractivity contribution < 1.29 is 4.79 Å². The Morgan fingerprint density at radius 2 is 1.54 bits per heavy atom. The van der Waals surface area contributed by atoms with Gasteiger partial charge in [0.2, 0.25) is 5.91 Å². The minimum atomic E-state index is 0.109. The van der Waals surface area contributed by atoms with E-state index in [4.69, 9.17) is 0 Å². The van der Waals surface area contributed by atoms with Gasteiger partial charge in [0, 0.05) is 24.7 Å². The Kier molecular flexibility index (Phi) is 5.97. The highest BCUT2D eigenvalue weighted by molar-refractivity contribution is 5.79. The molecular weight excluding hydrogens is 320 g/mol. The predicted molar refractivity (Wildman–Crippen MR) is 108 cm³/mol. The van der Waals surface area contributed by atoms with Crippen LogP contribution in [0.1, 0.15) is 48.9 Å². The highest BCUT2D eigenvalue weighted by Gasteiger charge is 2.26. The summed E-state index contributed by atoms with van der Waals surface area (Å²) in [6, 6.07) is 17.3. The maximum Gasteiger partial charge on any atom is 0.223 e.